The van der Waals surface area contributed by atoms with Crippen molar-refractivity contribution in [2.24, 2.45) is 0 Å². The normalized spacial score (nSPS) is 10.8. The summed E-state index contributed by atoms with van der Waals surface area (Å²) in [7, 11) is 3.10. The molecule has 2 heterocycles. The maximum Gasteiger partial charge on any atom is 0.297 e. The number of nitrogens with two attached hydrogens (primary N) is 1. The van der Waals surface area contributed by atoms with Crippen LogP contribution in [0.4, 0.5) is 5.13 Å². The highest BCUT2D eigenvalue weighted by molar-refractivity contribution is 7.20. The maximum atomic E-state index is 12.4. The number of para-hydroxylation sites is 1. The third-order valence-corrected chi connectivity index (χ3v) is 3.84. The monoisotopic (exact) mass is 319 g/mol. The van der Waals surface area contributed by atoms with Gasteiger partial charge in [0.15, 0.2) is 11.5 Å². The highest BCUT2D eigenvalue weighted by Crippen LogP contribution is 2.31. The first kappa shape index (κ1) is 14.3. The van der Waals surface area contributed by atoms with Crippen LogP contribution >= 0.6 is 11.3 Å². The molecule has 0 bridgehead atoms. The van der Waals surface area contributed by atoms with Gasteiger partial charge in [-0.3, -0.25) is 4.79 Å². The Bertz CT molecular complexity index is 889. The summed E-state index contributed by atoms with van der Waals surface area (Å²) in [5.41, 5.74) is 6.28. The van der Waals surface area contributed by atoms with Crippen molar-refractivity contribution in [3.8, 4) is 11.5 Å². The van der Waals surface area contributed by atoms with Gasteiger partial charge in [0.1, 0.15) is 5.69 Å². The molecule has 22 heavy (non-hydrogen) atoms. The maximum absolute atomic E-state index is 12.4. The van der Waals surface area contributed by atoms with E-state index in [-0.39, 0.29) is 22.8 Å². The van der Waals surface area contributed by atoms with Gasteiger partial charge in [0.2, 0.25) is 10.1 Å². The Morgan fingerprint density at radius 2 is 2.09 bits per heavy atom. The van der Waals surface area contributed by atoms with Gasteiger partial charge in [0, 0.05) is 12.0 Å². The predicted octanol–water partition coefficient (Wildman–Crippen LogP) is 0.736. The van der Waals surface area contributed by atoms with E-state index >= 15 is 0 Å². The topological polar surface area (TPSA) is 105 Å². The van der Waals surface area contributed by atoms with Gasteiger partial charge in [-0.25, -0.2) is 0 Å². The van der Waals surface area contributed by atoms with Gasteiger partial charge in [0.05, 0.1) is 14.2 Å². The van der Waals surface area contributed by atoms with Gasteiger partial charge in [-0.1, -0.05) is 23.5 Å². The van der Waals surface area contributed by atoms with E-state index in [4.69, 9.17) is 15.2 Å². The number of nitrogens with zero attached hydrogens (tertiary/aromatic N) is 4. The number of ether oxygens (including phenoxy) is 2. The lowest BCUT2D eigenvalue weighted by Crippen LogP contribution is -2.22. The Kier molecular flexibility index (Phi) is 3.63. The van der Waals surface area contributed by atoms with Gasteiger partial charge >= 0.3 is 0 Å². The minimum atomic E-state index is -0.345. The summed E-state index contributed by atoms with van der Waals surface area (Å²) in [6.07, 6.45) is 0.257. The van der Waals surface area contributed by atoms with E-state index in [0.29, 0.717) is 16.5 Å². The third-order valence-electron chi connectivity index (χ3n) is 3.11. The first-order valence-electron chi connectivity index (χ1n) is 6.34. The number of hydrogen-bond acceptors (Lipinski definition) is 8. The molecule has 0 saturated carbocycles. The molecule has 3 rings (SSSR count). The van der Waals surface area contributed by atoms with Gasteiger partial charge < -0.3 is 15.2 Å². The summed E-state index contributed by atoms with van der Waals surface area (Å²) in [5.74, 6) is 1.15. The van der Waals surface area contributed by atoms with Crippen LogP contribution in [-0.2, 0) is 6.42 Å². The summed E-state index contributed by atoms with van der Waals surface area (Å²) >= 11 is 1.11. The molecule has 0 saturated heterocycles. The second-order valence-corrected chi connectivity index (χ2v) is 5.40. The van der Waals surface area contributed by atoms with Crippen LogP contribution in [0.25, 0.3) is 4.96 Å². The molecule has 0 aliphatic carbocycles. The Morgan fingerprint density at radius 1 is 1.27 bits per heavy atom. The van der Waals surface area contributed by atoms with E-state index in [2.05, 4.69) is 15.3 Å². The molecule has 0 fully saturated rings. The SMILES string of the molecule is COc1cccc(Cc2nnc3sc(N)nn3c2=O)c1OC. The fraction of sp³-hybridized carbons (Fsp3) is 0.231. The van der Waals surface area contributed by atoms with Crippen LogP contribution < -0.4 is 20.8 Å². The molecule has 3 aromatic rings. The average Bonchev–Trinajstić information content (AvgIpc) is 2.91. The molecule has 0 spiro atoms. The lowest BCUT2D eigenvalue weighted by atomic mass is 10.1. The molecule has 2 N–H and O–H groups in total. The molecule has 2 aromatic heterocycles. The van der Waals surface area contributed by atoms with Crippen molar-refractivity contribution in [3.05, 3.63) is 39.8 Å². The van der Waals surface area contributed by atoms with Gasteiger partial charge in [0.25, 0.3) is 5.56 Å². The Balaban J connectivity index is 2.07. The largest absolute Gasteiger partial charge is 0.493 e. The fourth-order valence-corrected chi connectivity index (χ4v) is 2.75. The number of anilines is 1. The number of nitrogen functional groups attached to an aromatic ring is 1. The molecule has 8 nitrogen and oxygen atoms in total. The van der Waals surface area contributed by atoms with E-state index in [1.165, 1.54) is 0 Å². The fourth-order valence-electron chi connectivity index (χ4n) is 2.15. The van der Waals surface area contributed by atoms with Crippen molar-refractivity contribution in [2.45, 2.75) is 6.42 Å². The smallest absolute Gasteiger partial charge is 0.297 e. The van der Waals surface area contributed by atoms with E-state index in [1.54, 1.807) is 20.3 Å². The summed E-state index contributed by atoms with van der Waals surface area (Å²) in [5, 5.41) is 12.2. The second kappa shape index (κ2) is 5.60. The lowest BCUT2D eigenvalue weighted by Gasteiger charge is -2.11. The zero-order valence-electron chi connectivity index (χ0n) is 11.9. The number of fused-ring (bicyclic) bond motifs is 1. The molecular weight excluding hydrogens is 306 g/mol. The molecule has 0 aliphatic rings. The van der Waals surface area contributed by atoms with Crippen LogP contribution in [0.1, 0.15) is 11.3 Å². The highest BCUT2D eigenvalue weighted by Gasteiger charge is 2.15. The predicted molar refractivity (Wildman–Crippen MR) is 81.7 cm³/mol. The molecule has 0 radical (unpaired) electrons. The Morgan fingerprint density at radius 3 is 2.82 bits per heavy atom. The van der Waals surface area contributed by atoms with Crippen LogP contribution in [-0.4, -0.2) is 34.0 Å². The number of benzene rings is 1. The first-order valence-corrected chi connectivity index (χ1v) is 7.16. The van der Waals surface area contributed by atoms with Crippen molar-refractivity contribution in [1.29, 1.82) is 0 Å². The van der Waals surface area contributed by atoms with Crippen molar-refractivity contribution in [2.75, 3.05) is 20.0 Å². The van der Waals surface area contributed by atoms with Crippen LogP contribution in [0.2, 0.25) is 0 Å². The standard InChI is InChI=1S/C13H13N5O3S/c1-20-9-5-3-4-7(10(9)21-2)6-8-11(19)18-13(16-15-8)22-12(14)17-18/h3-5H,6H2,1-2H3,(H2,14,17). The quantitative estimate of drug-likeness (QED) is 0.756. The molecule has 114 valence electrons. The summed E-state index contributed by atoms with van der Waals surface area (Å²) in [6.45, 7) is 0. The van der Waals surface area contributed by atoms with Gasteiger partial charge in [-0.15, -0.1) is 15.3 Å². The van der Waals surface area contributed by atoms with Crippen LogP contribution in [0.15, 0.2) is 23.0 Å². The highest BCUT2D eigenvalue weighted by atomic mass is 32.1. The third kappa shape index (κ3) is 2.35. The zero-order chi connectivity index (χ0) is 15.7. The number of aromatic nitrogens is 4. The molecule has 9 heteroatoms. The molecular formula is C13H13N5O3S. The molecule has 0 aliphatic heterocycles. The van der Waals surface area contributed by atoms with Crippen molar-refractivity contribution < 1.29 is 9.47 Å². The minimum absolute atomic E-state index is 0.257. The van der Waals surface area contributed by atoms with Crippen molar-refractivity contribution in [1.82, 2.24) is 19.8 Å². The Hall–Kier alpha value is -2.68. The van der Waals surface area contributed by atoms with Crippen molar-refractivity contribution >= 4 is 21.4 Å². The number of methoxy groups -OCH3 is 2. The number of rotatable bonds is 4. The second-order valence-electron chi connectivity index (χ2n) is 4.42. The molecule has 0 unspecified atom stereocenters. The van der Waals surface area contributed by atoms with E-state index < -0.39 is 0 Å². The summed E-state index contributed by atoms with van der Waals surface area (Å²) in [4.78, 5) is 12.7. The molecule has 0 amide bonds. The zero-order valence-corrected chi connectivity index (χ0v) is 12.8. The van der Waals surface area contributed by atoms with Crippen LogP contribution in [0.5, 0.6) is 11.5 Å². The lowest BCUT2D eigenvalue weighted by molar-refractivity contribution is 0.352. The molecule has 0 atom stereocenters. The van der Waals surface area contributed by atoms with Gasteiger partial charge in [-0.2, -0.15) is 4.52 Å². The Labute approximate surface area is 129 Å². The average molecular weight is 319 g/mol. The van der Waals surface area contributed by atoms with Gasteiger partial charge in [-0.05, 0) is 6.07 Å². The van der Waals surface area contributed by atoms with E-state index in [9.17, 15) is 4.79 Å². The minimum Gasteiger partial charge on any atom is -0.493 e. The molecule has 1 aromatic carbocycles. The summed E-state index contributed by atoms with van der Waals surface area (Å²) in [6, 6.07) is 5.44. The van der Waals surface area contributed by atoms with E-state index in [1.807, 2.05) is 12.1 Å². The van der Waals surface area contributed by atoms with Crippen LogP contribution in [0.3, 0.4) is 0 Å². The first-order chi connectivity index (χ1) is 10.6. The number of hydrogen-bond donors (Lipinski definition) is 1. The van der Waals surface area contributed by atoms with Crippen LogP contribution in [0, 0.1) is 0 Å². The van der Waals surface area contributed by atoms with Crippen molar-refractivity contribution in [3.63, 3.8) is 0 Å². The summed E-state index contributed by atoms with van der Waals surface area (Å²) < 4.78 is 11.8. The van der Waals surface area contributed by atoms with E-state index in [0.717, 1.165) is 21.4 Å².